The molecule has 0 aliphatic heterocycles. The average molecular weight is 539 g/mol. The van der Waals surface area contributed by atoms with Crippen molar-refractivity contribution in [1.82, 2.24) is 18.8 Å². The van der Waals surface area contributed by atoms with Crippen LogP contribution in [0.25, 0.3) is 87.6 Å². The van der Waals surface area contributed by atoms with Gasteiger partial charge in [-0.15, -0.1) is 0 Å². The molecule has 6 aromatic carbocycles. The van der Waals surface area contributed by atoms with Gasteiger partial charge in [-0.3, -0.25) is 18.4 Å². The Kier molecular flexibility index (Phi) is 3.88. The molecule has 194 valence electrons. The van der Waals surface area contributed by atoms with Crippen LogP contribution in [-0.2, 0) is 0 Å². The summed E-state index contributed by atoms with van der Waals surface area (Å²) in [4.78, 5) is 37.5. The Morgan fingerprint density at radius 2 is 0.833 bits per heavy atom. The van der Waals surface area contributed by atoms with Crippen LogP contribution in [0.1, 0.15) is 0 Å². The van der Waals surface area contributed by atoms with E-state index in [2.05, 4.69) is 36.4 Å². The van der Waals surface area contributed by atoms with Crippen LogP contribution in [0.2, 0.25) is 0 Å². The first-order valence-corrected chi connectivity index (χ1v) is 13.9. The zero-order chi connectivity index (χ0) is 27.7. The molecule has 0 aliphatic carbocycles. The maximum absolute atomic E-state index is 13.9. The van der Waals surface area contributed by atoms with Crippen LogP contribution < -0.4 is 11.1 Å². The van der Waals surface area contributed by atoms with Crippen molar-refractivity contribution in [2.75, 3.05) is 0 Å². The van der Waals surface area contributed by atoms with Gasteiger partial charge in [0.15, 0.2) is 0 Å². The SMILES string of the molecule is O=c1c2cccc3c(-c4ccc5c6c4cccc6c(=O)n4c6ccccc6nc54)ccc(c32)c2nc3ccccc3n12. The molecule has 0 atom stereocenters. The summed E-state index contributed by atoms with van der Waals surface area (Å²) in [6, 6.07) is 35.7. The third kappa shape index (κ3) is 2.51. The van der Waals surface area contributed by atoms with Gasteiger partial charge < -0.3 is 0 Å². The second kappa shape index (κ2) is 7.44. The number of rotatable bonds is 1. The molecule has 0 N–H and O–H groups in total. The fraction of sp³-hybridized carbons (Fsp3) is 0. The normalized spacial score (nSPS) is 12.5. The lowest BCUT2D eigenvalue weighted by Crippen LogP contribution is -2.13. The first-order chi connectivity index (χ1) is 20.7. The van der Waals surface area contributed by atoms with Crippen LogP contribution in [0.5, 0.6) is 0 Å². The van der Waals surface area contributed by atoms with Crippen molar-refractivity contribution >= 4 is 76.5 Å². The Labute approximate surface area is 236 Å². The number of hydrogen-bond donors (Lipinski definition) is 0. The first kappa shape index (κ1) is 21.9. The molecule has 0 amide bonds. The predicted octanol–water partition coefficient (Wildman–Crippen LogP) is 7.16. The highest BCUT2D eigenvalue weighted by Crippen LogP contribution is 2.41. The van der Waals surface area contributed by atoms with Crippen LogP contribution in [-0.4, -0.2) is 18.8 Å². The number of imidazole rings is 2. The van der Waals surface area contributed by atoms with Gasteiger partial charge in [0.2, 0.25) is 0 Å². The Morgan fingerprint density at radius 1 is 0.405 bits per heavy atom. The second-order valence-electron chi connectivity index (χ2n) is 10.9. The highest BCUT2D eigenvalue weighted by atomic mass is 16.1. The van der Waals surface area contributed by atoms with Crippen molar-refractivity contribution in [3.63, 3.8) is 0 Å². The van der Waals surface area contributed by atoms with E-state index in [1.165, 1.54) is 0 Å². The van der Waals surface area contributed by atoms with Gasteiger partial charge in [-0.2, -0.15) is 0 Å². The number of pyridine rings is 2. The Bertz CT molecular complexity index is 2700. The van der Waals surface area contributed by atoms with E-state index >= 15 is 0 Å². The minimum Gasteiger partial charge on any atom is -0.268 e. The van der Waals surface area contributed by atoms with Crippen LogP contribution >= 0.6 is 0 Å². The number of fused-ring (bicyclic) bond motifs is 8. The van der Waals surface area contributed by atoms with Crippen molar-refractivity contribution in [3.05, 3.63) is 130 Å². The fourth-order valence-corrected chi connectivity index (χ4v) is 7.08. The molecule has 0 aliphatic rings. The summed E-state index contributed by atoms with van der Waals surface area (Å²) >= 11 is 0. The van der Waals surface area contributed by atoms with Crippen molar-refractivity contribution in [1.29, 1.82) is 0 Å². The molecule has 4 heterocycles. The van der Waals surface area contributed by atoms with Crippen molar-refractivity contribution in [2.24, 2.45) is 0 Å². The molecule has 4 aromatic heterocycles. The molecule has 0 unspecified atom stereocenters. The summed E-state index contributed by atoms with van der Waals surface area (Å²) in [5.41, 5.74) is 6.40. The lowest BCUT2D eigenvalue weighted by Gasteiger charge is -2.15. The number of para-hydroxylation sites is 4. The summed E-state index contributed by atoms with van der Waals surface area (Å²) in [7, 11) is 0. The summed E-state index contributed by atoms with van der Waals surface area (Å²) in [5, 5.41) is 6.96. The zero-order valence-electron chi connectivity index (χ0n) is 22.0. The van der Waals surface area contributed by atoms with Gasteiger partial charge in [-0.1, -0.05) is 60.7 Å². The molecule has 0 fully saturated rings. The van der Waals surface area contributed by atoms with Gasteiger partial charge in [0.25, 0.3) is 11.1 Å². The Balaban J connectivity index is 1.35. The molecule has 0 radical (unpaired) electrons. The molecule has 0 spiro atoms. The third-order valence-corrected chi connectivity index (χ3v) is 8.84. The molecule has 10 aromatic rings. The second-order valence-corrected chi connectivity index (χ2v) is 10.9. The number of benzene rings is 6. The highest BCUT2D eigenvalue weighted by Gasteiger charge is 2.21. The van der Waals surface area contributed by atoms with Crippen molar-refractivity contribution in [2.45, 2.75) is 0 Å². The van der Waals surface area contributed by atoms with E-state index in [4.69, 9.17) is 9.97 Å². The standard InChI is InChI=1S/C36H18N4O2/c41-35-25-9-5-7-21-19(15-17-23(31(21)25)33-37-27-11-1-3-13-29(27)39(33)35)20-16-18-24-32-22(20)8-6-10-26(32)36(42)40-30-14-4-2-12-28(30)38-34(24)40/h1-18H. The third-order valence-electron chi connectivity index (χ3n) is 8.84. The van der Waals surface area contributed by atoms with Crippen LogP contribution in [0, 0.1) is 0 Å². The summed E-state index contributed by atoms with van der Waals surface area (Å²) in [5.74, 6) is 0. The average Bonchev–Trinajstić information content (AvgIpc) is 3.62. The molecule has 6 heteroatoms. The van der Waals surface area contributed by atoms with Gasteiger partial charge in [0, 0.05) is 32.3 Å². The topological polar surface area (TPSA) is 68.7 Å². The van der Waals surface area contributed by atoms with E-state index in [1.54, 1.807) is 8.80 Å². The van der Waals surface area contributed by atoms with Gasteiger partial charge in [0.05, 0.1) is 22.1 Å². The predicted molar refractivity (Wildman–Crippen MR) is 169 cm³/mol. The van der Waals surface area contributed by atoms with Gasteiger partial charge in [-0.25, -0.2) is 9.97 Å². The lowest BCUT2D eigenvalue weighted by molar-refractivity contribution is 1.19. The summed E-state index contributed by atoms with van der Waals surface area (Å²) in [6.07, 6.45) is 0. The maximum Gasteiger partial charge on any atom is 0.264 e. The van der Waals surface area contributed by atoms with E-state index in [0.29, 0.717) is 22.1 Å². The molecular formula is C36H18N4O2. The molecule has 6 nitrogen and oxygen atoms in total. The molecule has 10 rings (SSSR count). The maximum atomic E-state index is 13.9. The molecule has 0 bridgehead atoms. The molecule has 0 saturated carbocycles. The van der Waals surface area contributed by atoms with Gasteiger partial charge in [-0.05, 0) is 70.4 Å². The van der Waals surface area contributed by atoms with Crippen LogP contribution in [0.4, 0.5) is 0 Å². The fourth-order valence-electron chi connectivity index (χ4n) is 7.08. The largest absolute Gasteiger partial charge is 0.268 e. The van der Waals surface area contributed by atoms with Crippen molar-refractivity contribution in [3.8, 4) is 11.1 Å². The monoisotopic (exact) mass is 538 g/mol. The van der Waals surface area contributed by atoms with Gasteiger partial charge in [0.1, 0.15) is 11.3 Å². The quantitative estimate of drug-likeness (QED) is 0.222. The number of nitrogens with zero attached hydrogens (tertiary/aromatic N) is 4. The van der Waals surface area contributed by atoms with E-state index < -0.39 is 0 Å². The zero-order valence-corrected chi connectivity index (χ0v) is 22.0. The smallest absolute Gasteiger partial charge is 0.264 e. The summed E-state index contributed by atoms with van der Waals surface area (Å²) < 4.78 is 3.46. The van der Waals surface area contributed by atoms with Gasteiger partial charge >= 0.3 is 0 Å². The summed E-state index contributed by atoms with van der Waals surface area (Å²) in [6.45, 7) is 0. The van der Waals surface area contributed by atoms with E-state index in [-0.39, 0.29) is 11.1 Å². The Hall–Kier alpha value is -5.88. The van der Waals surface area contributed by atoms with Crippen LogP contribution in [0.3, 0.4) is 0 Å². The highest BCUT2D eigenvalue weighted by molar-refractivity contribution is 6.24. The Morgan fingerprint density at radius 3 is 1.31 bits per heavy atom. The number of hydrogen-bond acceptors (Lipinski definition) is 4. The van der Waals surface area contributed by atoms with E-state index in [1.807, 2.05) is 72.8 Å². The molecule has 42 heavy (non-hydrogen) atoms. The minimum atomic E-state index is -0.0738. The van der Waals surface area contributed by atoms with Crippen LogP contribution in [0.15, 0.2) is 119 Å². The van der Waals surface area contributed by atoms with Crippen molar-refractivity contribution < 1.29 is 0 Å². The molecule has 0 saturated heterocycles. The minimum absolute atomic E-state index is 0.0738. The lowest BCUT2D eigenvalue weighted by atomic mass is 9.90. The molecular weight excluding hydrogens is 520 g/mol. The number of aromatic nitrogens is 4. The first-order valence-electron chi connectivity index (χ1n) is 13.9. The van der Waals surface area contributed by atoms with E-state index in [9.17, 15) is 9.59 Å². The van der Waals surface area contributed by atoms with E-state index in [0.717, 1.165) is 65.5 Å².